The molecule has 2 aromatic rings. The molecule has 3 N–H and O–H groups in total. The smallest absolute Gasteiger partial charge is 0.339 e. The van der Waals surface area contributed by atoms with E-state index in [4.69, 9.17) is 4.74 Å². The van der Waals surface area contributed by atoms with Crippen molar-refractivity contribution in [2.45, 2.75) is 18.4 Å². The minimum absolute atomic E-state index is 0.0220. The average molecular weight is 337 g/mol. The van der Waals surface area contributed by atoms with Crippen molar-refractivity contribution < 1.29 is 19.7 Å². The number of ether oxygens (including phenoxy) is 1. The number of rotatable bonds is 2. The minimum atomic E-state index is -0.390. The molecule has 2 aromatic carbocycles. The van der Waals surface area contributed by atoms with Crippen molar-refractivity contribution in [3.05, 3.63) is 65.2 Å². The Hall–Kier alpha value is -2.95. The molecule has 3 unspecified atom stereocenters. The number of anilines is 1. The molecule has 1 heterocycles. The number of aromatic hydroxyl groups is 2. The maximum atomic E-state index is 12.2. The molecule has 3 atom stereocenters. The zero-order valence-electron chi connectivity index (χ0n) is 13.8. The molecule has 0 saturated heterocycles. The third-order valence-electron chi connectivity index (χ3n) is 5.15. The van der Waals surface area contributed by atoms with E-state index in [1.807, 2.05) is 12.1 Å². The predicted octanol–water partition coefficient (Wildman–Crippen LogP) is 3.71. The topological polar surface area (TPSA) is 78.8 Å². The second kappa shape index (κ2) is 5.84. The number of methoxy groups -OCH3 is 1. The number of fused-ring (bicyclic) bond motifs is 3. The zero-order valence-corrected chi connectivity index (χ0v) is 13.8. The lowest BCUT2D eigenvalue weighted by atomic mass is 9.76. The summed E-state index contributed by atoms with van der Waals surface area (Å²) >= 11 is 0. The van der Waals surface area contributed by atoms with Crippen molar-refractivity contribution >= 4 is 11.7 Å². The van der Waals surface area contributed by atoms with E-state index in [9.17, 15) is 15.0 Å². The molecule has 1 aliphatic carbocycles. The van der Waals surface area contributed by atoms with Gasteiger partial charge in [-0.3, -0.25) is 0 Å². The first kappa shape index (κ1) is 15.6. The molecule has 0 saturated carbocycles. The largest absolute Gasteiger partial charge is 0.508 e. The molecule has 0 spiro atoms. The van der Waals surface area contributed by atoms with E-state index in [1.54, 1.807) is 18.2 Å². The van der Waals surface area contributed by atoms with E-state index in [2.05, 4.69) is 17.5 Å². The van der Waals surface area contributed by atoms with E-state index in [0.717, 1.165) is 17.7 Å². The van der Waals surface area contributed by atoms with Gasteiger partial charge in [0.2, 0.25) is 0 Å². The van der Waals surface area contributed by atoms with Crippen LogP contribution in [-0.4, -0.2) is 23.3 Å². The van der Waals surface area contributed by atoms with Crippen LogP contribution in [0.5, 0.6) is 11.5 Å². The summed E-state index contributed by atoms with van der Waals surface area (Å²) < 4.78 is 4.91. The number of esters is 1. The molecule has 5 heteroatoms. The van der Waals surface area contributed by atoms with Gasteiger partial charge in [-0.2, -0.15) is 0 Å². The van der Waals surface area contributed by atoms with Gasteiger partial charge >= 0.3 is 5.97 Å². The number of carbonyl (C=O) groups excluding carboxylic acids is 1. The Bertz CT molecular complexity index is 874. The van der Waals surface area contributed by atoms with Crippen LogP contribution in [0.3, 0.4) is 0 Å². The van der Waals surface area contributed by atoms with E-state index >= 15 is 0 Å². The fourth-order valence-electron chi connectivity index (χ4n) is 4.00. The van der Waals surface area contributed by atoms with Crippen molar-refractivity contribution in [2.24, 2.45) is 5.92 Å². The van der Waals surface area contributed by atoms with Gasteiger partial charge in [0.15, 0.2) is 0 Å². The lowest BCUT2D eigenvalue weighted by Gasteiger charge is -2.38. The summed E-state index contributed by atoms with van der Waals surface area (Å²) in [7, 11) is 1.37. The number of hydrogen-bond acceptors (Lipinski definition) is 5. The predicted molar refractivity (Wildman–Crippen MR) is 93.9 cm³/mol. The first-order valence-electron chi connectivity index (χ1n) is 8.26. The number of carbonyl (C=O) groups is 1. The summed E-state index contributed by atoms with van der Waals surface area (Å²) in [5.41, 5.74) is 3.01. The Kier molecular flexibility index (Phi) is 3.64. The van der Waals surface area contributed by atoms with Gasteiger partial charge in [0.05, 0.1) is 24.4 Å². The van der Waals surface area contributed by atoms with E-state index in [-0.39, 0.29) is 29.4 Å². The van der Waals surface area contributed by atoms with Crippen LogP contribution >= 0.6 is 0 Å². The Labute approximate surface area is 145 Å². The van der Waals surface area contributed by atoms with Crippen molar-refractivity contribution in [3.63, 3.8) is 0 Å². The average Bonchev–Trinajstić information content (AvgIpc) is 3.10. The summed E-state index contributed by atoms with van der Waals surface area (Å²) in [6.07, 6.45) is 5.18. The van der Waals surface area contributed by atoms with Gasteiger partial charge in [-0.05, 0) is 36.1 Å². The summed E-state index contributed by atoms with van der Waals surface area (Å²) in [5, 5.41) is 23.3. The Balaban J connectivity index is 1.84. The lowest BCUT2D eigenvalue weighted by Crippen LogP contribution is -2.30. The second-order valence-electron chi connectivity index (χ2n) is 6.48. The van der Waals surface area contributed by atoms with Gasteiger partial charge in [0.25, 0.3) is 0 Å². The standard InChI is InChI=1S/C20H19NO4/c1-25-20(24)16-7-3-6-14-12-4-2-5-13(12)18(21-19(14)16)15-9-8-11(22)10-17(15)23/h2-4,6-10,12-13,18,21-23H,5H2,1H3. The highest BCUT2D eigenvalue weighted by molar-refractivity contribution is 5.97. The number of para-hydroxylation sites is 1. The monoisotopic (exact) mass is 337 g/mol. The van der Waals surface area contributed by atoms with E-state index in [1.165, 1.54) is 13.2 Å². The Morgan fingerprint density at radius 3 is 2.80 bits per heavy atom. The lowest BCUT2D eigenvalue weighted by molar-refractivity contribution is 0.0601. The van der Waals surface area contributed by atoms with Crippen LogP contribution in [-0.2, 0) is 4.74 Å². The molecule has 1 aliphatic heterocycles. The highest BCUT2D eigenvalue weighted by Crippen LogP contribution is 2.52. The Morgan fingerprint density at radius 1 is 1.20 bits per heavy atom. The normalized spacial score (nSPS) is 23.5. The molecule has 0 bridgehead atoms. The molecule has 5 nitrogen and oxygen atoms in total. The fourth-order valence-corrected chi connectivity index (χ4v) is 4.00. The molecule has 2 aliphatic rings. The molecule has 25 heavy (non-hydrogen) atoms. The number of phenols is 2. The Morgan fingerprint density at radius 2 is 2.04 bits per heavy atom. The molecule has 128 valence electrons. The van der Waals surface area contributed by atoms with Crippen molar-refractivity contribution in [3.8, 4) is 11.5 Å². The van der Waals surface area contributed by atoms with Crippen molar-refractivity contribution in [2.75, 3.05) is 12.4 Å². The molecule has 0 amide bonds. The van der Waals surface area contributed by atoms with Crippen LogP contribution in [0.4, 0.5) is 5.69 Å². The number of hydrogen-bond donors (Lipinski definition) is 3. The first-order chi connectivity index (χ1) is 12.1. The van der Waals surface area contributed by atoms with Crippen molar-refractivity contribution in [1.82, 2.24) is 0 Å². The number of allylic oxidation sites excluding steroid dienone is 2. The van der Waals surface area contributed by atoms with Crippen LogP contribution in [0.1, 0.15) is 39.9 Å². The van der Waals surface area contributed by atoms with E-state index in [0.29, 0.717) is 11.1 Å². The molecule has 0 radical (unpaired) electrons. The zero-order chi connectivity index (χ0) is 17.6. The highest BCUT2D eigenvalue weighted by Gasteiger charge is 2.40. The van der Waals surface area contributed by atoms with Gasteiger partial charge in [-0.15, -0.1) is 0 Å². The quantitative estimate of drug-likeness (QED) is 0.575. The van der Waals surface area contributed by atoms with Crippen LogP contribution < -0.4 is 5.32 Å². The van der Waals surface area contributed by atoms with Crippen LogP contribution in [0, 0.1) is 5.92 Å². The number of benzene rings is 2. The summed E-state index contributed by atoms with van der Waals surface area (Å²) in [5.74, 6) is 0.0734. The van der Waals surface area contributed by atoms with Crippen LogP contribution in [0.2, 0.25) is 0 Å². The van der Waals surface area contributed by atoms with Crippen LogP contribution in [0.15, 0.2) is 48.6 Å². The summed E-state index contributed by atoms with van der Waals surface area (Å²) in [6.45, 7) is 0. The number of phenolic OH excluding ortho intramolecular Hbond substituents is 2. The van der Waals surface area contributed by atoms with Gasteiger partial charge < -0.3 is 20.3 Å². The first-order valence-corrected chi connectivity index (χ1v) is 8.26. The second-order valence-corrected chi connectivity index (χ2v) is 6.48. The fraction of sp³-hybridized carbons (Fsp3) is 0.250. The van der Waals surface area contributed by atoms with Crippen molar-refractivity contribution in [1.29, 1.82) is 0 Å². The molecule has 0 aromatic heterocycles. The third kappa shape index (κ3) is 2.43. The van der Waals surface area contributed by atoms with Crippen LogP contribution in [0.25, 0.3) is 0 Å². The SMILES string of the molecule is COC(=O)c1cccc2c1NC(c1ccc(O)cc1O)C1CC=CC21. The minimum Gasteiger partial charge on any atom is -0.508 e. The summed E-state index contributed by atoms with van der Waals surface area (Å²) in [4.78, 5) is 12.2. The molecule has 4 rings (SSSR count). The molecular formula is C20H19NO4. The highest BCUT2D eigenvalue weighted by atomic mass is 16.5. The third-order valence-corrected chi connectivity index (χ3v) is 5.15. The summed E-state index contributed by atoms with van der Waals surface area (Å²) in [6, 6.07) is 10.1. The van der Waals surface area contributed by atoms with Gasteiger partial charge in [-0.25, -0.2) is 4.79 Å². The molecular weight excluding hydrogens is 318 g/mol. The maximum Gasteiger partial charge on any atom is 0.339 e. The van der Waals surface area contributed by atoms with Gasteiger partial charge in [-0.1, -0.05) is 24.3 Å². The van der Waals surface area contributed by atoms with Gasteiger partial charge in [0, 0.05) is 17.5 Å². The maximum absolute atomic E-state index is 12.2. The molecule has 0 fully saturated rings. The van der Waals surface area contributed by atoms with E-state index < -0.39 is 5.97 Å². The number of nitrogens with one attached hydrogen (secondary N) is 1. The van der Waals surface area contributed by atoms with Gasteiger partial charge in [0.1, 0.15) is 11.5 Å².